The van der Waals surface area contributed by atoms with E-state index in [1.54, 1.807) is 0 Å². The van der Waals surface area contributed by atoms with Crippen LogP contribution < -0.4 is 4.74 Å². The van der Waals surface area contributed by atoms with Crippen molar-refractivity contribution in [3.8, 4) is 17.6 Å². The minimum absolute atomic E-state index is 0.0187. The van der Waals surface area contributed by atoms with E-state index in [1.165, 1.54) is 6.07 Å². The quantitative estimate of drug-likeness (QED) is 0.349. The Morgan fingerprint density at radius 2 is 2.17 bits per heavy atom. The summed E-state index contributed by atoms with van der Waals surface area (Å²) < 4.78 is 39.4. The third kappa shape index (κ3) is 4.87. The Kier molecular flexibility index (Phi) is 4.72. The Balaban J connectivity index is 2.85. The van der Waals surface area contributed by atoms with Crippen LogP contribution in [0.2, 0.25) is 5.02 Å². The molecule has 1 aromatic rings. The molecule has 8 heteroatoms. The zero-order valence-electron chi connectivity index (χ0n) is 8.70. The van der Waals surface area contributed by atoms with Crippen molar-refractivity contribution in [2.45, 2.75) is 6.36 Å². The SMILES string of the molecule is [N-]=[N+]=NCC#Cc1ccc(OC(F)(F)F)cc1Cl. The lowest BCUT2D eigenvalue weighted by Gasteiger charge is -2.09. The number of hydrogen-bond acceptors (Lipinski definition) is 2. The molecule has 4 nitrogen and oxygen atoms in total. The summed E-state index contributed by atoms with van der Waals surface area (Å²) in [4.78, 5) is 2.49. The molecule has 1 aromatic carbocycles. The molecule has 0 heterocycles. The van der Waals surface area contributed by atoms with Gasteiger partial charge in [-0.2, -0.15) is 0 Å². The predicted molar refractivity (Wildman–Crippen MR) is 59.0 cm³/mol. The fourth-order valence-corrected chi connectivity index (χ4v) is 1.21. The molecule has 0 aliphatic rings. The van der Waals surface area contributed by atoms with Gasteiger partial charge in [-0.25, -0.2) is 0 Å². The molecule has 1 rings (SSSR count). The monoisotopic (exact) mass is 275 g/mol. The first-order valence-electron chi connectivity index (χ1n) is 4.47. The van der Waals surface area contributed by atoms with Gasteiger partial charge in [0.25, 0.3) is 0 Å². The van der Waals surface area contributed by atoms with Crippen molar-refractivity contribution in [1.82, 2.24) is 0 Å². The largest absolute Gasteiger partial charge is 0.573 e. The zero-order chi connectivity index (χ0) is 13.6. The Morgan fingerprint density at radius 3 is 2.72 bits per heavy atom. The van der Waals surface area contributed by atoms with Crippen LogP contribution in [0.4, 0.5) is 13.2 Å². The van der Waals surface area contributed by atoms with Crippen LogP contribution in [0, 0.1) is 11.8 Å². The van der Waals surface area contributed by atoms with Crippen LogP contribution >= 0.6 is 11.6 Å². The van der Waals surface area contributed by atoms with E-state index in [0.29, 0.717) is 5.56 Å². The second-order valence-corrected chi connectivity index (χ2v) is 3.29. The van der Waals surface area contributed by atoms with E-state index < -0.39 is 12.1 Å². The lowest BCUT2D eigenvalue weighted by Crippen LogP contribution is -2.17. The number of alkyl halides is 3. The number of rotatable bonds is 2. The van der Waals surface area contributed by atoms with Crippen molar-refractivity contribution in [3.05, 3.63) is 39.2 Å². The van der Waals surface area contributed by atoms with Gasteiger partial charge in [-0.05, 0) is 17.7 Å². The Labute approximate surface area is 105 Å². The second-order valence-electron chi connectivity index (χ2n) is 2.88. The number of benzene rings is 1. The van der Waals surface area contributed by atoms with Gasteiger partial charge in [0.2, 0.25) is 0 Å². The predicted octanol–water partition coefficient (Wildman–Crippen LogP) is 3.90. The summed E-state index contributed by atoms with van der Waals surface area (Å²) in [6.07, 6.45) is -4.77. The fourth-order valence-electron chi connectivity index (χ4n) is 0.996. The highest BCUT2D eigenvalue weighted by Gasteiger charge is 2.31. The van der Waals surface area contributed by atoms with Gasteiger partial charge in [0.05, 0.1) is 11.6 Å². The summed E-state index contributed by atoms with van der Waals surface area (Å²) in [6, 6.07) is 3.38. The lowest BCUT2D eigenvalue weighted by atomic mass is 10.2. The van der Waals surface area contributed by atoms with Crippen molar-refractivity contribution >= 4 is 11.6 Å². The molecule has 0 radical (unpaired) electrons. The number of azide groups is 1. The molecule has 0 bridgehead atoms. The number of ether oxygens (including phenoxy) is 1. The maximum atomic E-state index is 11.9. The molecule has 0 fully saturated rings. The van der Waals surface area contributed by atoms with Gasteiger partial charge in [-0.1, -0.05) is 28.6 Å². The van der Waals surface area contributed by atoms with Crippen LogP contribution in [0.5, 0.6) is 5.75 Å². The van der Waals surface area contributed by atoms with E-state index in [0.717, 1.165) is 12.1 Å². The van der Waals surface area contributed by atoms with E-state index in [1.807, 2.05) is 0 Å². The normalized spacial score (nSPS) is 10.0. The van der Waals surface area contributed by atoms with Crippen molar-refractivity contribution < 1.29 is 17.9 Å². The molecule has 0 amide bonds. The van der Waals surface area contributed by atoms with Crippen molar-refractivity contribution in [1.29, 1.82) is 0 Å². The number of nitrogens with zero attached hydrogens (tertiary/aromatic N) is 3. The summed E-state index contributed by atoms with van der Waals surface area (Å²) in [5, 5.41) is 3.19. The maximum Gasteiger partial charge on any atom is 0.573 e. The van der Waals surface area contributed by atoms with Gasteiger partial charge >= 0.3 is 6.36 Å². The summed E-state index contributed by atoms with van der Waals surface area (Å²) >= 11 is 5.72. The molecule has 0 atom stereocenters. The first-order valence-corrected chi connectivity index (χ1v) is 4.85. The van der Waals surface area contributed by atoms with Crippen LogP contribution in [0.15, 0.2) is 23.3 Å². The minimum Gasteiger partial charge on any atom is -0.406 e. The van der Waals surface area contributed by atoms with E-state index in [-0.39, 0.29) is 11.6 Å². The average Bonchev–Trinajstić information content (AvgIpc) is 2.24. The van der Waals surface area contributed by atoms with Crippen molar-refractivity contribution in [2.24, 2.45) is 5.11 Å². The Morgan fingerprint density at radius 1 is 1.44 bits per heavy atom. The van der Waals surface area contributed by atoms with Gasteiger partial charge in [-0.3, -0.25) is 0 Å². The molecule has 0 saturated heterocycles. The van der Waals surface area contributed by atoms with Crippen LogP contribution in [0.3, 0.4) is 0 Å². The van der Waals surface area contributed by atoms with Gasteiger partial charge in [0.15, 0.2) is 0 Å². The summed E-state index contributed by atoms with van der Waals surface area (Å²) in [5.74, 6) is 4.62. The maximum absolute atomic E-state index is 11.9. The summed E-state index contributed by atoms with van der Waals surface area (Å²) in [5.41, 5.74) is 8.32. The smallest absolute Gasteiger partial charge is 0.406 e. The highest BCUT2D eigenvalue weighted by atomic mass is 35.5. The Hall–Kier alpha value is -2.03. The van der Waals surface area contributed by atoms with E-state index in [2.05, 4.69) is 26.6 Å². The second kappa shape index (κ2) is 6.05. The van der Waals surface area contributed by atoms with Gasteiger partial charge in [0, 0.05) is 16.5 Å². The van der Waals surface area contributed by atoms with Gasteiger partial charge in [-0.15, -0.1) is 13.2 Å². The zero-order valence-corrected chi connectivity index (χ0v) is 9.46. The molecular formula is C10H5ClF3N3O. The molecule has 0 aliphatic heterocycles. The average molecular weight is 276 g/mol. The fraction of sp³-hybridized carbons (Fsp3) is 0.200. The first-order chi connectivity index (χ1) is 8.42. The topological polar surface area (TPSA) is 58.0 Å². The molecular weight excluding hydrogens is 271 g/mol. The molecule has 0 saturated carbocycles. The number of halogens is 4. The molecule has 0 aromatic heterocycles. The highest BCUT2D eigenvalue weighted by Crippen LogP contribution is 2.27. The molecule has 94 valence electrons. The first kappa shape index (κ1) is 14.0. The molecule has 0 aliphatic carbocycles. The van der Waals surface area contributed by atoms with Crippen molar-refractivity contribution in [2.75, 3.05) is 6.54 Å². The van der Waals surface area contributed by atoms with Crippen LogP contribution in [-0.2, 0) is 0 Å². The standard InChI is InChI=1S/C10H5ClF3N3O/c11-9-6-8(18-10(12,13)14)4-3-7(9)2-1-5-16-17-15/h3-4,6H,5H2. The number of hydrogen-bond donors (Lipinski definition) is 0. The van der Waals surface area contributed by atoms with E-state index in [9.17, 15) is 13.2 Å². The van der Waals surface area contributed by atoms with Gasteiger partial charge < -0.3 is 4.74 Å². The van der Waals surface area contributed by atoms with Crippen LogP contribution in [-0.4, -0.2) is 12.9 Å². The molecule has 0 unspecified atom stereocenters. The Bertz CT molecular complexity index is 542. The highest BCUT2D eigenvalue weighted by molar-refractivity contribution is 6.31. The van der Waals surface area contributed by atoms with Crippen LogP contribution in [0.1, 0.15) is 5.56 Å². The third-order valence-electron chi connectivity index (χ3n) is 1.61. The van der Waals surface area contributed by atoms with E-state index >= 15 is 0 Å². The van der Waals surface area contributed by atoms with Gasteiger partial charge in [0.1, 0.15) is 5.75 Å². The minimum atomic E-state index is -4.77. The summed E-state index contributed by atoms with van der Waals surface area (Å²) in [6.45, 7) is -0.0480. The lowest BCUT2D eigenvalue weighted by molar-refractivity contribution is -0.274. The van der Waals surface area contributed by atoms with Crippen LogP contribution in [0.25, 0.3) is 10.4 Å². The molecule has 0 spiro atoms. The van der Waals surface area contributed by atoms with E-state index in [4.69, 9.17) is 17.1 Å². The third-order valence-corrected chi connectivity index (χ3v) is 1.92. The summed E-state index contributed by atoms with van der Waals surface area (Å²) in [7, 11) is 0. The molecule has 18 heavy (non-hydrogen) atoms. The van der Waals surface area contributed by atoms with Crippen molar-refractivity contribution in [3.63, 3.8) is 0 Å². The molecule has 0 N–H and O–H groups in total.